The van der Waals surface area contributed by atoms with Crippen molar-refractivity contribution in [3.8, 4) is 0 Å². The molecule has 0 bridgehead atoms. The number of hydrogen-bond acceptors (Lipinski definition) is 6. The second-order valence-corrected chi connectivity index (χ2v) is 2.57. The highest BCUT2D eigenvalue weighted by atomic mass is 16.5. The first-order chi connectivity index (χ1) is 6.08. The average Bonchev–Trinajstić information content (AvgIpc) is 2.17. The maximum Gasteiger partial charge on any atom is 0.151 e. The van der Waals surface area contributed by atoms with E-state index in [1.165, 1.54) is 7.11 Å². The molecule has 4 N–H and O–H groups in total. The Morgan fingerprint density at radius 2 is 1.92 bits per heavy atom. The number of hydrogen-bond donors (Lipinski definition) is 4. The van der Waals surface area contributed by atoms with Crippen molar-refractivity contribution in [2.75, 3.05) is 13.7 Å². The van der Waals surface area contributed by atoms with Gasteiger partial charge in [0.05, 0.1) is 6.61 Å². The van der Waals surface area contributed by atoms with Crippen LogP contribution in [0.2, 0.25) is 0 Å². The summed E-state index contributed by atoms with van der Waals surface area (Å²) in [7, 11) is 1.18. The van der Waals surface area contributed by atoms with Crippen molar-refractivity contribution >= 4 is 6.29 Å². The van der Waals surface area contributed by atoms with Crippen LogP contribution in [0.5, 0.6) is 0 Å². The third-order valence-corrected chi connectivity index (χ3v) is 1.66. The largest absolute Gasteiger partial charge is 0.394 e. The van der Waals surface area contributed by atoms with Crippen molar-refractivity contribution in [1.82, 2.24) is 0 Å². The van der Waals surface area contributed by atoms with Crippen LogP contribution >= 0.6 is 0 Å². The lowest BCUT2D eigenvalue weighted by Gasteiger charge is -2.26. The molecule has 1 unspecified atom stereocenters. The standard InChI is InChI=1S/C7H14O6/c1-13-7(5(11)3-9)6(12)4(10)2-8/h2,4-7,9-12H,3H2,1H3/t4-,5?,6+,7+/m0/s1. The molecule has 13 heavy (non-hydrogen) atoms. The topological polar surface area (TPSA) is 107 Å². The Kier molecular flexibility index (Phi) is 5.76. The highest BCUT2D eigenvalue weighted by Crippen LogP contribution is 2.07. The van der Waals surface area contributed by atoms with Crippen molar-refractivity contribution in [1.29, 1.82) is 0 Å². The van der Waals surface area contributed by atoms with Crippen molar-refractivity contribution in [2.45, 2.75) is 24.4 Å². The minimum Gasteiger partial charge on any atom is -0.394 e. The van der Waals surface area contributed by atoms with Crippen LogP contribution in [0, 0.1) is 0 Å². The number of aliphatic hydroxyl groups is 4. The molecule has 4 atom stereocenters. The quantitative estimate of drug-likeness (QED) is 0.342. The summed E-state index contributed by atoms with van der Waals surface area (Å²) in [5, 5.41) is 35.7. The first-order valence-corrected chi connectivity index (χ1v) is 3.71. The van der Waals surface area contributed by atoms with Gasteiger partial charge < -0.3 is 30.0 Å². The Morgan fingerprint density at radius 1 is 1.38 bits per heavy atom. The molecule has 0 aromatic rings. The zero-order valence-corrected chi connectivity index (χ0v) is 7.20. The summed E-state index contributed by atoms with van der Waals surface area (Å²) >= 11 is 0. The summed E-state index contributed by atoms with van der Waals surface area (Å²) in [5.41, 5.74) is 0. The van der Waals surface area contributed by atoms with Crippen LogP contribution in [-0.4, -0.2) is 64.8 Å². The Balaban J connectivity index is 4.29. The van der Waals surface area contributed by atoms with Gasteiger partial charge in [0.1, 0.15) is 24.4 Å². The third kappa shape index (κ3) is 3.37. The number of ether oxygens (including phenoxy) is 1. The number of carbonyl (C=O) groups excluding carboxylic acids is 1. The molecule has 0 saturated heterocycles. The van der Waals surface area contributed by atoms with Crippen LogP contribution in [0.1, 0.15) is 0 Å². The molecular formula is C7H14O6. The average molecular weight is 194 g/mol. The first kappa shape index (κ1) is 12.5. The number of carbonyl (C=O) groups is 1. The molecule has 0 aliphatic rings. The fourth-order valence-corrected chi connectivity index (χ4v) is 0.903. The molecule has 0 fully saturated rings. The van der Waals surface area contributed by atoms with E-state index in [4.69, 9.17) is 15.3 Å². The zero-order valence-electron chi connectivity index (χ0n) is 7.20. The van der Waals surface area contributed by atoms with Gasteiger partial charge in [0, 0.05) is 7.11 Å². The maximum atomic E-state index is 10.1. The highest BCUT2D eigenvalue weighted by Gasteiger charge is 2.31. The van der Waals surface area contributed by atoms with Gasteiger partial charge in [-0.15, -0.1) is 0 Å². The molecule has 0 aromatic carbocycles. The summed E-state index contributed by atoms with van der Waals surface area (Å²) < 4.78 is 4.61. The van der Waals surface area contributed by atoms with E-state index in [2.05, 4.69) is 4.74 Å². The van der Waals surface area contributed by atoms with Crippen LogP contribution in [-0.2, 0) is 9.53 Å². The monoisotopic (exact) mass is 194 g/mol. The molecule has 6 heteroatoms. The molecule has 0 aliphatic heterocycles. The molecule has 78 valence electrons. The Bertz CT molecular complexity index is 150. The van der Waals surface area contributed by atoms with E-state index in [1.807, 2.05) is 0 Å². The normalized spacial score (nSPS) is 20.4. The van der Waals surface area contributed by atoms with E-state index in [-0.39, 0.29) is 6.29 Å². The molecule has 0 aromatic heterocycles. The van der Waals surface area contributed by atoms with E-state index in [0.717, 1.165) is 0 Å². The van der Waals surface area contributed by atoms with Gasteiger partial charge in [-0.3, -0.25) is 0 Å². The van der Waals surface area contributed by atoms with E-state index in [0.29, 0.717) is 0 Å². The minimum absolute atomic E-state index is 0.126. The van der Waals surface area contributed by atoms with Gasteiger partial charge in [-0.1, -0.05) is 0 Å². The summed E-state index contributed by atoms with van der Waals surface area (Å²) in [6.07, 6.45) is -5.59. The van der Waals surface area contributed by atoms with E-state index >= 15 is 0 Å². The van der Waals surface area contributed by atoms with Crippen LogP contribution in [0.3, 0.4) is 0 Å². The number of methoxy groups -OCH3 is 1. The molecule has 0 spiro atoms. The van der Waals surface area contributed by atoms with Gasteiger partial charge >= 0.3 is 0 Å². The predicted octanol–water partition coefficient (Wildman–Crippen LogP) is -2.72. The summed E-state index contributed by atoms with van der Waals surface area (Å²) in [4.78, 5) is 10.1. The fourth-order valence-electron chi connectivity index (χ4n) is 0.903. The molecule has 0 rings (SSSR count). The molecule has 6 nitrogen and oxygen atoms in total. The van der Waals surface area contributed by atoms with Gasteiger partial charge in [-0.25, -0.2) is 0 Å². The Labute approximate surface area is 75.4 Å². The molecular weight excluding hydrogens is 180 g/mol. The van der Waals surface area contributed by atoms with Crippen LogP contribution in [0.15, 0.2) is 0 Å². The number of aldehydes is 1. The van der Waals surface area contributed by atoms with Gasteiger partial charge in [-0.05, 0) is 0 Å². The predicted molar refractivity (Wildman–Crippen MR) is 42.0 cm³/mol. The van der Waals surface area contributed by atoms with Gasteiger partial charge in [0.15, 0.2) is 6.29 Å². The SMILES string of the molecule is CO[C@H](C(O)CO)[C@H](O)[C@@H](O)C=O. The lowest BCUT2D eigenvalue weighted by molar-refractivity contribution is -0.142. The lowest BCUT2D eigenvalue weighted by Crippen LogP contribution is -2.47. The lowest BCUT2D eigenvalue weighted by atomic mass is 10.0. The van der Waals surface area contributed by atoms with E-state index < -0.39 is 31.0 Å². The highest BCUT2D eigenvalue weighted by molar-refractivity contribution is 5.56. The van der Waals surface area contributed by atoms with Crippen LogP contribution in [0.25, 0.3) is 0 Å². The Hall–Kier alpha value is -0.530. The molecule has 0 radical (unpaired) electrons. The van der Waals surface area contributed by atoms with Crippen molar-refractivity contribution in [2.24, 2.45) is 0 Å². The van der Waals surface area contributed by atoms with Gasteiger partial charge in [0.25, 0.3) is 0 Å². The van der Waals surface area contributed by atoms with Crippen molar-refractivity contribution in [3.05, 3.63) is 0 Å². The van der Waals surface area contributed by atoms with E-state index in [9.17, 15) is 9.90 Å². The van der Waals surface area contributed by atoms with Crippen LogP contribution < -0.4 is 0 Å². The third-order valence-electron chi connectivity index (χ3n) is 1.66. The maximum absolute atomic E-state index is 10.1. The number of aliphatic hydroxyl groups excluding tert-OH is 4. The minimum atomic E-state index is -1.63. The molecule has 0 saturated carbocycles. The second kappa shape index (κ2) is 6.01. The van der Waals surface area contributed by atoms with Crippen LogP contribution in [0.4, 0.5) is 0 Å². The van der Waals surface area contributed by atoms with Crippen molar-refractivity contribution < 1.29 is 30.0 Å². The zero-order chi connectivity index (χ0) is 10.4. The Morgan fingerprint density at radius 3 is 2.23 bits per heavy atom. The summed E-state index contributed by atoms with van der Waals surface area (Å²) in [6.45, 7) is -0.624. The number of rotatable bonds is 6. The smallest absolute Gasteiger partial charge is 0.151 e. The molecule has 0 heterocycles. The molecule has 0 amide bonds. The molecule has 0 aliphatic carbocycles. The van der Waals surface area contributed by atoms with Gasteiger partial charge in [0.2, 0.25) is 0 Å². The fraction of sp³-hybridized carbons (Fsp3) is 0.857. The first-order valence-electron chi connectivity index (χ1n) is 3.71. The summed E-state index contributed by atoms with van der Waals surface area (Å²) in [5.74, 6) is 0. The second-order valence-electron chi connectivity index (χ2n) is 2.57. The van der Waals surface area contributed by atoms with Crippen molar-refractivity contribution in [3.63, 3.8) is 0 Å². The van der Waals surface area contributed by atoms with Gasteiger partial charge in [-0.2, -0.15) is 0 Å². The van der Waals surface area contributed by atoms with E-state index in [1.54, 1.807) is 0 Å². The summed E-state index contributed by atoms with van der Waals surface area (Å²) in [6, 6.07) is 0.